The first-order chi connectivity index (χ1) is 46.2. The molecule has 2 aliphatic heterocycles. The third-order valence-corrected chi connectivity index (χ3v) is 20.8. The number of urea groups is 1. The molecule has 7 aromatic rings. The molecule has 5 aromatic carbocycles. The van der Waals surface area contributed by atoms with Crippen molar-refractivity contribution in [3.05, 3.63) is 172 Å². The Morgan fingerprint density at radius 1 is 0.708 bits per heavy atom. The van der Waals surface area contributed by atoms with Crippen LogP contribution in [0, 0.1) is 23.5 Å². The maximum Gasteiger partial charge on any atom is 0.315 e. The lowest BCUT2D eigenvalue weighted by molar-refractivity contribution is -0.145. The SMILES string of the molecule is C[C@@]12CCCN1C(=O)[C@H](Cc1ccc(O)cc1)NC(=O)N[C@H]1CCCc3ccc(cc31)C(=O)[C@H](Cc1c[nH]c3ccc(F)cc13)NC(=O)[C@H](Cc1c[nH]c3ccc(F)cc13)CC(=O)CNC(=O)[C@H](CCCCN)NC(=O)CCSCc1cccc(c1)CSC[C@@H](C(N)=O)CC2=O. The number of thioether (sulfide) groups is 2. The van der Waals surface area contributed by atoms with Gasteiger partial charge in [0.25, 0.3) is 0 Å². The van der Waals surface area contributed by atoms with Crippen LogP contribution in [-0.4, -0.2) is 128 Å². The summed E-state index contributed by atoms with van der Waals surface area (Å²) in [5.41, 5.74) is 16.7. The lowest BCUT2D eigenvalue weighted by Gasteiger charge is -2.37. The van der Waals surface area contributed by atoms with Crippen molar-refractivity contribution in [1.82, 2.24) is 41.5 Å². The smallest absolute Gasteiger partial charge is 0.315 e. The summed E-state index contributed by atoms with van der Waals surface area (Å²) in [5.74, 6) is -5.80. The van der Waals surface area contributed by atoms with Crippen LogP contribution in [0.15, 0.2) is 116 Å². The molecule has 12 N–H and O–H groups in total. The number of amides is 7. The number of nitrogens with one attached hydrogen (secondary N) is 7. The number of hydrogen-bond acceptors (Lipinski definition) is 13. The Kier molecular flexibility index (Phi) is 23.5. The molecule has 1 aliphatic carbocycles. The van der Waals surface area contributed by atoms with Gasteiger partial charge in [0.1, 0.15) is 29.5 Å². The monoisotopic (exact) mass is 1350 g/mol. The number of carbonyl (C=O) groups is 9. The molecular weight excluding hydrogens is 1270 g/mol. The van der Waals surface area contributed by atoms with E-state index >= 15 is 14.4 Å². The quantitative estimate of drug-likeness (QED) is 0.0545. The highest BCUT2D eigenvalue weighted by Gasteiger charge is 2.48. The first-order valence-electron chi connectivity index (χ1n) is 32.7. The van der Waals surface area contributed by atoms with Gasteiger partial charge in [-0.3, -0.25) is 38.4 Å². The van der Waals surface area contributed by atoms with E-state index in [0.717, 1.165) is 16.7 Å². The summed E-state index contributed by atoms with van der Waals surface area (Å²) >= 11 is 2.97. The number of unbranched alkanes of at least 4 members (excludes halogenated alkanes) is 1. The Morgan fingerprint density at radius 3 is 2.10 bits per heavy atom. The molecule has 24 heteroatoms. The molecular formula is C72H82F2N10O10S2. The average Bonchev–Trinajstić information content (AvgIpc) is 1.50. The Morgan fingerprint density at radius 2 is 1.41 bits per heavy atom. The molecule has 506 valence electrons. The van der Waals surface area contributed by atoms with Gasteiger partial charge >= 0.3 is 6.03 Å². The number of nitrogens with two attached hydrogens (primary N) is 2. The van der Waals surface area contributed by atoms with E-state index in [9.17, 15) is 42.7 Å². The molecule has 10 rings (SSSR count). The zero-order chi connectivity index (χ0) is 68.0. The van der Waals surface area contributed by atoms with Crippen molar-refractivity contribution in [1.29, 1.82) is 0 Å². The van der Waals surface area contributed by atoms with Gasteiger partial charge in [-0.1, -0.05) is 48.5 Å². The molecule has 0 saturated carbocycles. The predicted molar refractivity (Wildman–Crippen MR) is 366 cm³/mol. The molecule has 0 radical (unpaired) electrons. The van der Waals surface area contributed by atoms with Gasteiger partial charge in [-0.15, -0.1) is 0 Å². The largest absolute Gasteiger partial charge is 0.508 e. The highest BCUT2D eigenvalue weighted by Crippen LogP contribution is 2.36. The van der Waals surface area contributed by atoms with Crippen LogP contribution in [0.25, 0.3) is 21.8 Å². The van der Waals surface area contributed by atoms with Crippen LogP contribution >= 0.6 is 23.5 Å². The number of rotatable bonds is 11. The van der Waals surface area contributed by atoms with Crippen LogP contribution in [0.1, 0.15) is 126 Å². The highest BCUT2D eigenvalue weighted by molar-refractivity contribution is 7.98. The Bertz CT molecular complexity index is 4030. The fourth-order valence-electron chi connectivity index (χ4n) is 13.3. The van der Waals surface area contributed by atoms with Gasteiger partial charge in [0.05, 0.1) is 30.1 Å². The van der Waals surface area contributed by atoms with Gasteiger partial charge in [-0.25, -0.2) is 13.6 Å². The number of aromatic nitrogens is 2. The van der Waals surface area contributed by atoms with Gasteiger partial charge in [-0.05, 0) is 165 Å². The number of H-pyrrole nitrogens is 2. The van der Waals surface area contributed by atoms with E-state index in [1.807, 2.05) is 24.3 Å². The van der Waals surface area contributed by atoms with Gasteiger partial charge in [0.15, 0.2) is 17.3 Å². The van der Waals surface area contributed by atoms with Crippen molar-refractivity contribution < 1.29 is 57.0 Å². The summed E-state index contributed by atoms with van der Waals surface area (Å²) in [5, 5.41) is 25.6. The van der Waals surface area contributed by atoms with Crippen LogP contribution < -0.4 is 38.1 Å². The Hall–Kier alpha value is -8.87. The van der Waals surface area contributed by atoms with E-state index in [1.54, 1.807) is 61.8 Å². The van der Waals surface area contributed by atoms with Crippen LogP contribution in [0.5, 0.6) is 5.75 Å². The molecule has 0 spiro atoms. The first-order valence-corrected chi connectivity index (χ1v) is 35.0. The molecule has 7 amide bonds. The minimum absolute atomic E-state index is 0.00677. The number of Topliss-reactive ketones (excluding diaryl/α,β-unsaturated/α-hetero) is 3. The normalized spacial score (nSPS) is 22.9. The second-order valence-corrected chi connectivity index (χ2v) is 27.7. The molecule has 4 heterocycles. The summed E-state index contributed by atoms with van der Waals surface area (Å²) in [4.78, 5) is 137. The van der Waals surface area contributed by atoms with Crippen molar-refractivity contribution in [3.63, 3.8) is 0 Å². The molecule has 1 fully saturated rings. The Labute approximate surface area is 563 Å². The number of aryl methyl sites for hydroxylation is 1. The number of nitrogens with zero attached hydrogens (tertiary/aromatic N) is 1. The Balaban J connectivity index is 0.971. The molecule has 20 nitrogen and oxygen atoms in total. The number of ketones is 3. The number of carbonyl (C=O) groups excluding carboxylic acids is 9. The third kappa shape index (κ3) is 17.8. The number of phenols is 1. The number of aromatic amines is 2. The number of hydrogen-bond donors (Lipinski definition) is 10. The second-order valence-electron chi connectivity index (χ2n) is 25.5. The summed E-state index contributed by atoms with van der Waals surface area (Å²) in [6.07, 6.45) is 6.09. The van der Waals surface area contributed by atoms with Crippen molar-refractivity contribution in [3.8, 4) is 5.75 Å². The molecule has 96 heavy (non-hydrogen) atoms. The highest BCUT2D eigenvalue weighted by atomic mass is 32.2. The summed E-state index contributed by atoms with van der Waals surface area (Å²) in [6.45, 7) is 1.70. The molecule has 3 aliphatic rings. The van der Waals surface area contributed by atoms with E-state index in [0.29, 0.717) is 113 Å². The first kappa shape index (κ1) is 69.9. The molecule has 7 atom stereocenters. The second kappa shape index (κ2) is 32.2. The average molecular weight is 1350 g/mol. The van der Waals surface area contributed by atoms with E-state index < -0.39 is 107 Å². The van der Waals surface area contributed by atoms with E-state index in [1.165, 1.54) is 64.8 Å². The number of phenolic OH excluding ortho intramolecular Hbond substituents is 1. The number of primary amides is 1. The fourth-order valence-corrected chi connectivity index (χ4v) is 15.2. The van der Waals surface area contributed by atoms with Gasteiger partial charge in [0.2, 0.25) is 29.5 Å². The van der Waals surface area contributed by atoms with E-state index in [-0.39, 0.29) is 73.8 Å². The molecule has 4 bridgehead atoms. The van der Waals surface area contributed by atoms with Crippen LogP contribution in [0.2, 0.25) is 0 Å². The number of aromatic hydroxyl groups is 1. The minimum atomic E-state index is -1.35. The van der Waals surface area contributed by atoms with Gasteiger partial charge in [-0.2, -0.15) is 23.5 Å². The van der Waals surface area contributed by atoms with Crippen LogP contribution in [-0.2, 0) is 70.8 Å². The summed E-state index contributed by atoms with van der Waals surface area (Å²) in [7, 11) is 0. The summed E-state index contributed by atoms with van der Waals surface area (Å²) < 4.78 is 29.8. The molecule has 1 saturated heterocycles. The van der Waals surface area contributed by atoms with Crippen molar-refractivity contribution in [2.45, 2.75) is 138 Å². The zero-order valence-corrected chi connectivity index (χ0v) is 55.2. The fraction of sp³-hybridized carbons (Fsp3) is 0.403. The lowest BCUT2D eigenvalue weighted by atomic mass is 9.85. The number of benzene rings is 5. The van der Waals surface area contributed by atoms with Gasteiger partial charge in [0, 0.05) is 107 Å². The van der Waals surface area contributed by atoms with E-state index in [4.69, 9.17) is 11.5 Å². The number of fused-ring (bicyclic) bond motifs is 6. The maximum absolute atomic E-state index is 15.4. The molecule has 0 unspecified atom stereocenters. The standard InChI is InChI=1S/C72H82F2N10O10S2/c1-72-23-6-25-84(72)70(93)63(28-42-12-18-53(85)19-13-42)83-71(94)82-60-11-5-9-45-14-15-46(31-55(45)60)66(89)62(32-49-37-78-59-21-17-52(74)35-57(49)59)81-68(91)47(29-48-36-77-58-20-16-51(73)34-56(48)58)30-54(86)38-79-69(92)61(10-2-3-24-75)80-65(88)22-26-95-39-43-7-4-8-44(27-43)40-96-41-50(67(76)90)33-64(72)87/h4,7-8,12-21,27,31,34-37,47,50,60-63,77-78,85H,2-3,5-6,9-11,22-26,28-30,32-33,38-41,75H2,1H3,(H2,76,90)(H,79,92)(H,80,88)(H,81,91)(H2,82,83,94)/t47-,50+,60+,61+,62+,63+,72+/m1/s1. The predicted octanol–water partition coefficient (Wildman–Crippen LogP) is 8.39. The summed E-state index contributed by atoms with van der Waals surface area (Å²) in [6, 6.07) is 22.5. The third-order valence-electron chi connectivity index (χ3n) is 18.6. The van der Waals surface area contributed by atoms with Crippen LogP contribution in [0.4, 0.5) is 13.6 Å². The minimum Gasteiger partial charge on any atom is -0.508 e. The van der Waals surface area contributed by atoms with Crippen molar-refractivity contribution >= 4 is 98.2 Å². The van der Waals surface area contributed by atoms with Crippen molar-refractivity contribution in [2.75, 3.05) is 31.1 Å². The zero-order valence-electron chi connectivity index (χ0n) is 53.6. The van der Waals surface area contributed by atoms with Crippen LogP contribution in [0.3, 0.4) is 0 Å². The molecule has 2 aromatic heterocycles. The maximum atomic E-state index is 15.4. The van der Waals surface area contributed by atoms with Gasteiger partial charge < -0.3 is 58.0 Å². The topological polar surface area (TPSA) is 321 Å². The lowest BCUT2D eigenvalue weighted by Crippen LogP contribution is -2.59. The number of halogens is 2. The van der Waals surface area contributed by atoms with E-state index in [2.05, 4.69) is 36.6 Å². The van der Waals surface area contributed by atoms with Crippen molar-refractivity contribution in [2.24, 2.45) is 23.3 Å².